The molecule has 4 nitrogen and oxygen atoms in total. The Balaban J connectivity index is 2.22. The molecule has 0 aliphatic heterocycles. The van der Waals surface area contributed by atoms with Crippen molar-refractivity contribution in [2.45, 2.75) is 13.8 Å². The summed E-state index contributed by atoms with van der Waals surface area (Å²) in [6, 6.07) is 5.91. The predicted molar refractivity (Wildman–Crippen MR) is 52.4 cm³/mol. The molecule has 4 heteroatoms. The molecule has 0 saturated carbocycles. The summed E-state index contributed by atoms with van der Waals surface area (Å²) in [6.45, 7) is 4.11. The van der Waals surface area contributed by atoms with Crippen LogP contribution in [0.5, 0.6) is 11.6 Å². The van der Waals surface area contributed by atoms with Crippen molar-refractivity contribution >= 4 is 0 Å². The molecule has 1 aromatic heterocycles. The number of nitrogens with zero attached hydrogens (tertiary/aromatic N) is 2. The Labute approximate surface area is 81.9 Å². The lowest BCUT2D eigenvalue weighted by Gasteiger charge is -2.04. The summed E-state index contributed by atoms with van der Waals surface area (Å²) in [5, 5.41) is 9.95. The monoisotopic (exact) mass is 189 g/mol. The number of hydrogen-bond donors (Lipinski definition) is 1. The largest absolute Gasteiger partial charge is 0.436 e. The Morgan fingerprint density at radius 3 is 2.71 bits per heavy atom. The van der Waals surface area contributed by atoms with Crippen molar-refractivity contribution in [3.8, 4) is 11.6 Å². The van der Waals surface area contributed by atoms with E-state index in [2.05, 4.69) is 22.3 Å². The highest BCUT2D eigenvalue weighted by atomic mass is 16.5. The van der Waals surface area contributed by atoms with Crippen LogP contribution in [0, 0.1) is 13.8 Å². The lowest BCUT2D eigenvalue weighted by atomic mass is 10.1. The maximum atomic E-state index is 5.45. The fourth-order valence-electron chi connectivity index (χ4n) is 1.14. The van der Waals surface area contributed by atoms with Gasteiger partial charge in [-0.05, 0) is 37.1 Å². The van der Waals surface area contributed by atoms with Gasteiger partial charge in [-0.25, -0.2) is 0 Å². The Hall–Kier alpha value is -1.84. The van der Waals surface area contributed by atoms with Crippen LogP contribution in [0.2, 0.25) is 0 Å². The number of ether oxygens (including phenoxy) is 1. The molecule has 0 bridgehead atoms. The maximum Gasteiger partial charge on any atom is 0.258 e. The van der Waals surface area contributed by atoms with Crippen molar-refractivity contribution in [1.82, 2.24) is 15.4 Å². The van der Waals surface area contributed by atoms with Crippen LogP contribution in [0.15, 0.2) is 24.4 Å². The van der Waals surface area contributed by atoms with E-state index in [1.165, 1.54) is 17.3 Å². The average molecular weight is 189 g/mol. The van der Waals surface area contributed by atoms with Crippen molar-refractivity contribution in [2.24, 2.45) is 0 Å². The second kappa shape index (κ2) is 3.49. The fourth-order valence-corrected chi connectivity index (χ4v) is 1.14. The zero-order valence-electron chi connectivity index (χ0n) is 8.11. The van der Waals surface area contributed by atoms with Gasteiger partial charge in [0.1, 0.15) is 11.9 Å². The molecular formula is C10H11N3O. The first-order valence-corrected chi connectivity index (χ1v) is 4.36. The summed E-state index contributed by atoms with van der Waals surface area (Å²) in [5.41, 5.74) is 2.45. The third kappa shape index (κ3) is 1.74. The third-order valence-corrected chi connectivity index (χ3v) is 2.09. The first-order chi connectivity index (χ1) is 6.75. The van der Waals surface area contributed by atoms with E-state index in [0.717, 1.165) is 5.75 Å². The van der Waals surface area contributed by atoms with Crippen LogP contribution in [-0.4, -0.2) is 15.4 Å². The van der Waals surface area contributed by atoms with E-state index in [9.17, 15) is 0 Å². The first kappa shape index (κ1) is 8.74. The summed E-state index contributed by atoms with van der Waals surface area (Å²) in [7, 11) is 0. The minimum atomic E-state index is 0.480. The number of H-pyrrole nitrogens is 1. The van der Waals surface area contributed by atoms with Crippen molar-refractivity contribution in [1.29, 1.82) is 0 Å². The number of rotatable bonds is 2. The normalized spacial score (nSPS) is 10.1. The molecule has 0 atom stereocenters. The van der Waals surface area contributed by atoms with Crippen LogP contribution in [-0.2, 0) is 0 Å². The van der Waals surface area contributed by atoms with Gasteiger partial charge in [0.15, 0.2) is 0 Å². The van der Waals surface area contributed by atoms with Gasteiger partial charge in [0.25, 0.3) is 5.88 Å². The molecule has 0 aliphatic carbocycles. The number of aromatic amines is 1. The van der Waals surface area contributed by atoms with Gasteiger partial charge in [0, 0.05) is 0 Å². The zero-order valence-corrected chi connectivity index (χ0v) is 8.11. The summed E-state index contributed by atoms with van der Waals surface area (Å²) >= 11 is 0. The van der Waals surface area contributed by atoms with Crippen molar-refractivity contribution in [3.05, 3.63) is 35.5 Å². The Morgan fingerprint density at radius 1 is 1.21 bits per heavy atom. The molecule has 0 saturated heterocycles. The van der Waals surface area contributed by atoms with Crippen molar-refractivity contribution < 1.29 is 4.74 Å². The second-order valence-corrected chi connectivity index (χ2v) is 3.16. The zero-order chi connectivity index (χ0) is 9.97. The van der Waals surface area contributed by atoms with E-state index >= 15 is 0 Å². The molecule has 72 valence electrons. The second-order valence-electron chi connectivity index (χ2n) is 3.16. The highest BCUT2D eigenvalue weighted by Crippen LogP contribution is 2.20. The Kier molecular flexibility index (Phi) is 2.18. The summed E-state index contributed by atoms with van der Waals surface area (Å²) in [5.74, 6) is 1.26. The minimum Gasteiger partial charge on any atom is -0.436 e. The highest BCUT2D eigenvalue weighted by Gasteiger charge is 2.00. The van der Waals surface area contributed by atoms with E-state index in [-0.39, 0.29) is 0 Å². The van der Waals surface area contributed by atoms with Gasteiger partial charge in [0.05, 0.1) is 0 Å². The fraction of sp³-hybridized carbons (Fsp3) is 0.200. The van der Waals surface area contributed by atoms with Crippen LogP contribution < -0.4 is 4.74 Å². The summed E-state index contributed by atoms with van der Waals surface area (Å²) in [6.07, 6.45) is 1.54. The molecular weight excluding hydrogens is 178 g/mol. The van der Waals surface area contributed by atoms with Crippen LogP contribution in [0.25, 0.3) is 0 Å². The van der Waals surface area contributed by atoms with Gasteiger partial charge >= 0.3 is 0 Å². The topological polar surface area (TPSA) is 50.8 Å². The molecule has 1 heterocycles. The minimum absolute atomic E-state index is 0.480. The van der Waals surface area contributed by atoms with Crippen molar-refractivity contribution in [2.75, 3.05) is 0 Å². The molecule has 0 spiro atoms. The predicted octanol–water partition coefficient (Wildman–Crippen LogP) is 2.21. The molecule has 1 N–H and O–H groups in total. The molecule has 0 unspecified atom stereocenters. The van der Waals surface area contributed by atoms with Crippen molar-refractivity contribution in [3.63, 3.8) is 0 Å². The standard InChI is InChI=1S/C10H11N3O/c1-7-3-4-9(5-8(7)2)14-10-6-11-13-12-10/h3-6H,1-2H3,(H,11,12,13). The summed E-state index contributed by atoms with van der Waals surface area (Å²) < 4.78 is 5.45. The average Bonchev–Trinajstić information content (AvgIpc) is 2.64. The molecule has 0 aliphatic rings. The van der Waals surface area contributed by atoms with Gasteiger partial charge in [0.2, 0.25) is 0 Å². The van der Waals surface area contributed by atoms with Gasteiger partial charge in [-0.2, -0.15) is 10.3 Å². The van der Waals surface area contributed by atoms with Gasteiger partial charge in [-0.1, -0.05) is 6.07 Å². The Bertz CT molecular complexity index is 423. The lowest BCUT2D eigenvalue weighted by molar-refractivity contribution is 0.461. The highest BCUT2D eigenvalue weighted by molar-refractivity contribution is 5.35. The lowest BCUT2D eigenvalue weighted by Crippen LogP contribution is -1.86. The van der Waals surface area contributed by atoms with Gasteiger partial charge in [-0.3, -0.25) is 0 Å². The molecule has 0 radical (unpaired) electrons. The van der Waals surface area contributed by atoms with Gasteiger partial charge < -0.3 is 4.74 Å². The molecule has 2 rings (SSSR count). The van der Waals surface area contributed by atoms with E-state index < -0.39 is 0 Å². The molecule has 0 amide bonds. The molecule has 14 heavy (non-hydrogen) atoms. The summed E-state index contributed by atoms with van der Waals surface area (Å²) in [4.78, 5) is 0. The van der Waals surface area contributed by atoms with E-state index in [4.69, 9.17) is 4.74 Å². The number of benzene rings is 1. The Morgan fingerprint density at radius 2 is 2.07 bits per heavy atom. The van der Waals surface area contributed by atoms with Crippen LogP contribution in [0.1, 0.15) is 11.1 Å². The van der Waals surface area contributed by atoms with Gasteiger partial charge in [-0.15, -0.1) is 5.10 Å². The van der Waals surface area contributed by atoms with E-state index in [1.807, 2.05) is 25.1 Å². The number of aromatic nitrogens is 3. The van der Waals surface area contributed by atoms with Crippen LogP contribution in [0.3, 0.4) is 0 Å². The maximum absolute atomic E-state index is 5.45. The number of hydrogen-bond acceptors (Lipinski definition) is 3. The quantitative estimate of drug-likeness (QED) is 0.788. The van der Waals surface area contributed by atoms with Crippen LogP contribution in [0.4, 0.5) is 0 Å². The molecule has 1 aromatic carbocycles. The van der Waals surface area contributed by atoms with E-state index in [0.29, 0.717) is 5.88 Å². The number of nitrogens with one attached hydrogen (secondary N) is 1. The molecule has 0 fully saturated rings. The number of aryl methyl sites for hydroxylation is 2. The third-order valence-electron chi connectivity index (χ3n) is 2.09. The van der Waals surface area contributed by atoms with E-state index in [1.54, 1.807) is 0 Å². The molecule has 2 aromatic rings. The first-order valence-electron chi connectivity index (χ1n) is 4.36. The SMILES string of the molecule is Cc1ccc(Oc2cn[nH]n2)cc1C. The smallest absolute Gasteiger partial charge is 0.258 e. The van der Waals surface area contributed by atoms with Crippen LogP contribution >= 0.6 is 0 Å².